The molecule has 0 aliphatic rings. The zero-order valence-electron chi connectivity index (χ0n) is 11.4. The Labute approximate surface area is 104 Å². The third-order valence-corrected chi connectivity index (χ3v) is 2.84. The molecule has 0 aromatic heterocycles. The summed E-state index contributed by atoms with van der Waals surface area (Å²) in [6, 6.07) is 0.517. The summed E-state index contributed by atoms with van der Waals surface area (Å²) in [5.41, 5.74) is 7.65. The third-order valence-electron chi connectivity index (χ3n) is 2.84. The minimum absolute atomic E-state index is 0.261. The van der Waals surface area contributed by atoms with Crippen LogP contribution in [0.4, 0.5) is 0 Å². The molecular weight excluding hydrogens is 216 g/mol. The molecule has 0 bridgehead atoms. The lowest BCUT2D eigenvalue weighted by Gasteiger charge is -2.27. The summed E-state index contributed by atoms with van der Waals surface area (Å²) < 4.78 is 0. The lowest BCUT2D eigenvalue weighted by Crippen LogP contribution is -2.39. The van der Waals surface area contributed by atoms with Crippen LogP contribution in [0.3, 0.4) is 0 Å². The minimum Gasteiger partial charge on any atom is -0.388 e. The summed E-state index contributed by atoms with van der Waals surface area (Å²) in [7, 11) is 4.00. The molecule has 6 nitrogen and oxygen atoms in total. The standard InChI is InChI=1S/C11H26N6/c1-5-7-16(3)10(2)6-8-17(4)11(13)15-14-9-12/h9-10H,5-8H2,1-4H3,(H2,12,14)(H2,13,15). The Morgan fingerprint density at radius 1 is 1.47 bits per heavy atom. The van der Waals surface area contributed by atoms with Gasteiger partial charge in [-0.2, -0.15) is 5.10 Å². The second-order valence-corrected chi connectivity index (χ2v) is 4.28. The number of nitrogens with one attached hydrogen (secondary N) is 2. The largest absolute Gasteiger partial charge is 0.388 e. The van der Waals surface area contributed by atoms with E-state index in [1.165, 1.54) is 6.42 Å². The predicted molar refractivity (Wildman–Crippen MR) is 73.2 cm³/mol. The lowest BCUT2D eigenvalue weighted by molar-refractivity contribution is 0.235. The van der Waals surface area contributed by atoms with Crippen molar-refractivity contribution in [1.82, 2.24) is 15.2 Å². The Bertz CT molecular complexity index is 240. The maximum absolute atomic E-state index is 7.66. The van der Waals surface area contributed by atoms with Gasteiger partial charge in [-0.05, 0) is 33.4 Å². The van der Waals surface area contributed by atoms with Crippen LogP contribution < -0.4 is 11.2 Å². The smallest absolute Gasteiger partial charge is 0.211 e. The van der Waals surface area contributed by atoms with Crippen LogP contribution >= 0.6 is 0 Å². The number of hydrazone groups is 1. The topological polar surface area (TPSA) is 80.7 Å². The molecule has 6 heteroatoms. The molecule has 0 rings (SSSR count). The van der Waals surface area contributed by atoms with Crippen LogP contribution in [0.15, 0.2) is 5.10 Å². The number of rotatable bonds is 7. The molecule has 0 saturated heterocycles. The van der Waals surface area contributed by atoms with E-state index in [-0.39, 0.29) is 5.96 Å². The van der Waals surface area contributed by atoms with Crippen molar-refractivity contribution in [3.63, 3.8) is 0 Å². The zero-order chi connectivity index (χ0) is 13.3. The lowest BCUT2D eigenvalue weighted by atomic mass is 10.2. The first-order chi connectivity index (χ1) is 8.02. The van der Waals surface area contributed by atoms with Gasteiger partial charge in [0.2, 0.25) is 5.96 Å². The van der Waals surface area contributed by atoms with Gasteiger partial charge in [0.15, 0.2) is 0 Å². The normalized spacial score (nSPS) is 13.0. The molecule has 0 aromatic rings. The molecule has 0 fully saturated rings. The molecule has 0 spiro atoms. The molecule has 0 radical (unpaired) electrons. The molecule has 0 heterocycles. The van der Waals surface area contributed by atoms with Crippen molar-refractivity contribution < 1.29 is 0 Å². The van der Waals surface area contributed by atoms with Crippen LogP contribution in [-0.4, -0.2) is 55.3 Å². The van der Waals surface area contributed by atoms with E-state index in [4.69, 9.17) is 11.1 Å². The van der Waals surface area contributed by atoms with Gasteiger partial charge in [0.25, 0.3) is 0 Å². The van der Waals surface area contributed by atoms with Gasteiger partial charge in [-0.15, -0.1) is 0 Å². The van der Waals surface area contributed by atoms with E-state index in [9.17, 15) is 0 Å². The fraction of sp³-hybridized carbons (Fsp3) is 0.818. The first-order valence-corrected chi connectivity index (χ1v) is 6.02. The van der Waals surface area contributed by atoms with Crippen LogP contribution in [0.2, 0.25) is 0 Å². The van der Waals surface area contributed by atoms with Gasteiger partial charge in [-0.1, -0.05) is 6.92 Å². The van der Waals surface area contributed by atoms with Crippen molar-refractivity contribution in [3.8, 4) is 0 Å². The first kappa shape index (κ1) is 15.7. The van der Waals surface area contributed by atoms with E-state index in [0.717, 1.165) is 25.8 Å². The minimum atomic E-state index is 0.261. The summed E-state index contributed by atoms with van der Waals surface area (Å²) in [6.07, 6.45) is 3.32. The highest BCUT2D eigenvalue weighted by atomic mass is 15.4. The molecule has 0 aliphatic heterocycles. The fourth-order valence-corrected chi connectivity index (χ4v) is 1.47. The molecule has 1 unspecified atom stereocenters. The molecule has 0 aromatic carbocycles. The van der Waals surface area contributed by atoms with E-state index in [1.54, 1.807) is 0 Å². The van der Waals surface area contributed by atoms with Crippen molar-refractivity contribution >= 4 is 12.3 Å². The van der Waals surface area contributed by atoms with Gasteiger partial charge >= 0.3 is 0 Å². The zero-order valence-corrected chi connectivity index (χ0v) is 11.4. The summed E-state index contributed by atoms with van der Waals surface area (Å²) in [6.45, 7) is 6.32. The van der Waals surface area contributed by atoms with Crippen molar-refractivity contribution in [2.45, 2.75) is 32.7 Å². The highest BCUT2D eigenvalue weighted by Gasteiger charge is 2.10. The Morgan fingerprint density at radius 2 is 2.12 bits per heavy atom. The molecule has 0 saturated carbocycles. The number of hydrogen-bond acceptors (Lipinski definition) is 3. The SMILES string of the molecule is CCCN(C)C(C)CCN(C)C(=N)N/N=C/N. The van der Waals surface area contributed by atoms with Gasteiger partial charge in [0.1, 0.15) is 6.34 Å². The number of guanidine groups is 1. The Balaban J connectivity index is 3.89. The Morgan fingerprint density at radius 3 is 2.65 bits per heavy atom. The van der Waals surface area contributed by atoms with Crippen LogP contribution in [-0.2, 0) is 0 Å². The van der Waals surface area contributed by atoms with E-state index < -0.39 is 0 Å². The molecule has 17 heavy (non-hydrogen) atoms. The monoisotopic (exact) mass is 242 g/mol. The summed E-state index contributed by atoms with van der Waals surface area (Å²) in [5.74, 6) is 0.261. The van der Waals surface area contributed by atoms with E-state index >= 15 is 0 Å². The van der Waals surface area contributed by atoms with Crippen LogP contribution in [0.1, 0.15) is 26.7 Å². The van der Waals surface area contributed by atoms with Gasteiger partial charge in [-0.25, -0.2) is 5.43 Å². The predicted octanol–water partition coefficient (Wildman–Crippen LogP) is 0.465. The molecular formula is C11H26N6. The maximum atomic E-state index is 7.66. The second-order valence-electron chi connectivity index (χ2n) is 4.28. The molecule has 4 N–H and O–H groups in total. The van der Waals surface area contributed by atoms with Crippen molar-refractivity contribution in [2.24, 2.45) is 10.8 Å². The fourth-order valence-electron chi connectivity index (χ4n) is 1.47. The highest BCUT2D eigenvalue weighted by molar-refractivity contribution is 5.76. The summed E-state index contributed by atoms with van der Waals surface area (Å²) in [5, 5.41) is 11.3. The van der Waals surface area contributed by atoms with E-state index in [0.29, 0.717) is 6.04 Å². The average Bonchev–Trinajstić information content (AvgIpc) is 2.32. The van der Waals surface area contributed by atoms with E-state index in [2.05, 4.69) is 36.3 Å². The first-order valence-electron chi connectivity index (χ1n) is 6.02. The average molecular weight is 242 g/mol. The molecule has 0 amide bonds. The molecule has 100 valence electrons. The summed E-state index contributed by atoms with van der Waals surface area (Å²) >= 11 is 0. The maximum Gasteiger partial charge on any atom is 0.211 e. The van der Waals surface area contributed by atoms with Crippen molar-refractivity contribution in [2.75, 3.05) is 27.2 Å². The number of nitrogens with zero attached hydrogens (tertiary/aromatic N) is 3. The van der Waals surface area contributed by atoms with Crippen molar-refractivity contribution in [1.29, 1.82) is 5.41 Å². The van der Waals surface area contributed by atoms with Gasteiger partial charge in [-0.3, -0.25) is 5.41 Å². The number of nitrogens with two attached hydrogens (primary N) is 1. The van der Waals surface area contributed by atoms with Gasteiger partial charge in [0.05, 0.1) is 0 Å². The van der Waals surface area contributed by atoms with Crippen LogP contribution in [0, 0.1) is 5.41 Å². The second kappa shape index (κ2) is 8.81. The summed E-state index contributed by atoms with van der Waals surface area (Å²) in [4.78, 5) is 4.16. The van der Waals surface area contributed by atoms with Crippen molar-refractivity contribution in [3.05, 3.63) is 0 Å². The number of hydrogen-bond donors (Lipinski definition) is 3. The van der Waals surface area contributed by atoms with Gasteiger partial charge < -0.3 is 15.5 Å². The molecule has 1 atom stereocenters. The Kier molecular flexibility index (Phi) is 8.13. The highest BCUT2D eigenvalue weighted by Crippen LogP contribution is 2.02. The van der Waals surface area contributed by atoms with Crippen LogP contribution in [0.5, 0.6) is 0 Å². The van der Waals surface area contributed by atoms with Crippen LogP contribution in [0.25, 0.3) is 0 Å². The Hall–Kier alpha value is -1.30. The third kappa shape index (κ3) is 6.78. The molecule has 0 aliphatic carbocycles. The van der Waals surface area contributed by atoms with Gasteiger partial charge in [0, 0.05) is 19.6 Å². The van der Waals surface area contributed by atoms with E-state index in [1.807, 2.05) is 11.9 Å². The quantitative estimate of drug-likeness (QED) is 0.344.